The Kier molecular flexibility index (Phi) is 5.78. The highest BCUT2D eigenvalue weighted by Gasteiger charge is 2.65. The Morgan fingerprint density at radius 2 is 1.44 bits per heavy atom. The molecule has 4 aromatic carbocycles. The number of amides is 2. The highest BCUT2D eigenvalue weighted by atomic mass is 35.5. The summed E-state index contributed by atoms with van der Waals surface area (Å²) >= 11 is 12.3. The summed E-state index contributed by atoms with van der Waals surface area (Å²) in [5, 5.41) is 1.03. The van der Waals surface area contributed by atoms with Crippen LogP contribution in [0.3, 0.4) is 0 Å². The zero-order valence-electron chi connectivity index (χ0n) is 21.2. The average Bonchev–Trinajstić information content (AvgIpc) is 3.36. The Hall–Kier alpha value is -4.46. The lowest BCUT2D eigenvalue weighted by molar-refractivity contribution is -0.126. The molecule has 1 aromatic heterocycles. The van der Waals surface area contributed by atoms with E-state index in [9.17, 15) is 18.8 Å². The Bertz CT molecular complexity index is 1960. The van der Waals surface area contributed by atoms with Crippen LogP contribution in [0, 0.1) is 5.82 Å². The minimum atomic E-state index is -1.82. The zero-order valence-corrected chi connectivity index (χ0v) is 22.7. The zero-order chi connectivity index (χ0) is 28.5. The summed E-state index contributed by atoms with van der Waals surface area (Å²) in [5.41, 5.74) is 0.202. The van der Waals surface area contributed by atoms with Crippen molar-refractivity contribution < 1.29 is 18.4 Å². The van der Waals surface area contributed by atoms with Gasteiger partial charge in [0.2, 0.25) is 5.76 Å². The lowest BCUT2D eigenvalue weighted by Crippen LogP contribution is -2.52. The largest absolute Gasteiger partial charge is 0.450 e. The fourth-order valence-corrected chi connectivity index (χ4v) is 6.18. The molecule has 2 aliphatic heterocycles. The number of nitrogens with zero attached hydrogens (tertiary/aromatic N) is 2. The van der Waals surface area contributed by atoms with E-state index < -0.39 is 28.6 Å². The first-order chi connectivity index (χ1) is 19.8. The van der Waals surface area contributed by atoms with Crippen LogP contribution in [0.4, 0.5) is 10.1 Å². The van der Waals surface area contributed by atoms with Crippen LogP contribution in [0.5, 0.6) is 0 Å². The number of anilines is 1. The number of benzene rings is 4. The van der Waals surface area contributed by atoms with Gasteiger partial charge >= 0.3 is 0 Å². The summed E-state index contributed by atoms with van der Waals surface area (Å²) in [6.07, 6.45) is 0. The smallest absolute Gasteiger partial charge is 0.291 e. The molecule has 5 aromatic rings. The molecule has 202 valence electrons. The normalized spacial score (nSPS) is 17.5. The highest BCUT2D eigenvalue weighted by Crippen LogP contribution is 2.53. The van der Waals surface area contributed by atoms with Gasteiger partial charge in [0.25, 0.3) is 11.8 Å². The molecule has 0 radical (unpaired) electrons. The van der Waals surface area contributed by atoms with Crippen molar-refractivity contribution in [3.05, 3.63) is 145 Å². The number of carbonyl (C=O) groups excluding carboxylic acids is 2. The molecular weight excluding hydrogens is 566 g/mol. The summed E-state index contributed by atoms with van der Waals surface area (Å²) < 4.78 is 19.8. The van der Waals surface area contributed by atoms with Crippen molar-refractivity contribution in [3.8, 4) is 0 Å². The fourth-order valence-electron chi connectivity index (χ4n) is 5.89. The number of rotatable bonds is 4. The molecule has 0 saturated carbocycles. The molecule has 1 unspecified atom stereocenters. The van der Waals surface area contributed by atoms with E-state index in [2.05, 4.69) is 0 Å². The topological polar surface area (TPSA) is 70.8 Å². The summed E-state index contributed by atoms with van der Waals surface area (Å²) in [6, 6.07) is 24.4. The first-order valence-corrected chi connectivity index (χ1v) is 13.5. The van der Waals surface area contributed by atoms with Gasteiger partial charge in [-0.3, -0.25) is 14.4 Å². The first-order valence-electron chi connectivity index (χ1n) is 12.8. The third kappa shape index (κ3) is 3.73. The van der Waals surface area contributed by atoms with Gasteiger partial charge < -0.3 is 14.2 Å². The van der Waals surface area contributed by atoms with Gasteiger partial charge in [0.1, 0.15) is 11.4 Å². The van der Waals surface area contributed by atoms with Crippen LogP contribution in [0.2, 0.25) is 10.0 Å². The van der Waals surface area contributed by atoms with Gasteiger partial charge in [0.15, 0.2) is 11.0 Å². The molecule has 2 aliphatic rings. The molecule has 1 atom stereocenters. The molecule has 41 heavy (non-hydrogen) atoms. The number of carbonyl (C=O) groups is 2. The molecule has 0 aliphatic carbocycles. The minimum Gasteiger partial charge on any atom is -0.450 e. The quantitative estimate of drug-likeness (QED) is 0.236. The van der Waals surface area contributed by atoms with Gasteiger partial charge in [-0.05, 0) is 59.7 Å². The molecule has 7 rings (SSSR count). The lowest BCUT2D eigenvalue weighted by Gasteiger charge is -2.34. The molecule has 0 saturated heterocycles. The van der Waals surface area contributed by atoms with Gasteiger partial charge in [0.05, 0.1) is 23.2 Å². The van der Waals surface area contributed by atoms with E-state index in [1.165, 1.54) is 29.2 Å². The van der Waals surface area contributed by atoms with Gasteiger partial charge in [-0.15, -0.1) is 0 Å². The molecule has 0 fully saturated rings. The number of hydrogen-bond donors (Lipinski definition) is 0. The molecule has 3 heterocycles. The maximum absolute atomic E-state index is 14.8. The second kappa shape index (κ2) is 9.29. The second-order valence-corrected chi connectivity index (χ2v) is 10.9. The van der Waals surface area contributed by atoms with E-state index >= 15 is 0 Å². The number of hydrogen-bond acceptors (Lipinski definition) is 4. The van der Waals surface area contributed by atoms with Gasteiger partial charge in [-0.2, -0.15) is 0 Å². The van der Waals surface area contributed by atoms with Crippen molar-refractivity contribution in [2.45, 2.75) is 18.6 Å². The van der Waals surface area contributed by atoms with E-state index in [1.807, 2.05) is 12.1 Å². The van der Waals surface area contributed by atoms with Gasteiger partial charge in [-0.1, -0.05) is 65.7 Å². The molecule has 9 heteroatoms. The van der Waals surface area contributed by atoms with Gasteiger partial charge in [-0.25, -0.2) is 4.39 Å². The van der Waals surface area contributed by atoms with Crippen LogP contribution in [0.15, 0.2) is 100 Å². The van der Waals surface area contributed by atoms with Crippen molar-refractivity contribution in [2.75, 3.05) is 4.90 Å². The van der Waals surface area contributed by atoms with Crippen LogP contribution in [0.1, 0.15) is 32.8 Å². The monoisotopic (exact) mass is 584 g/mol. The minimum absolute atomic E-state index is 0.0598. The summed E-state index contributed by atoms with van der Waals surface area (Å²) in [4.78, 5) is 46.2. The third-order valence-electron chi connectivity index (χ3n) is 7.71. The molecular formula is C32H19Cl2FN2O4. The molecule has 2 amide bonds. The predicted octanol–water partition coefficient (Wildman–Crippen LogP) is 6.69. The SMILES string of the molecule is O=C1c2oc3ccc(Cl)cc3c(=O)c2C2(C(=O)N(Cc3ccc(Cl)cc3)c3ccccc32)N1Cc1ccc(F)cc1. The van der Waals surface area contributed by atoms with Crippen molar-refractivity contribution in [2.24, 2.45) is 0 Å². The maximum Gasteiger partial charge on any atom is 0.291 e. The number of halogens is 3. The van der Waals surface area contributed by atoms with Crippen LogP contribution >= 0.6 is 23.2 Å². The van der Waals surface area contributed by atoms with Gasteiger partial charge in [0, 0.05) is 22.2 Å². The van der Waals surface area contributed by atoms with Crippen LogP contribution in [0.25, 0.3) is 11.0 Å². The Balaban J connectivity index is 1.50. The van der Waals surface area contributed by atoms with Crippen LogP contribution in [-0.2, 0) is 23.4 Å². The maximum atomic E-state index is 14.8. The van der Waals surface area contributed by atoms with Crippen molar-refractivity contribution in [1.82, 2.24) is 4.90 Å². The summed E-state index contributed by atoms with van der Waals surface area (Å²) in [6.45, 7) is 0.0993. The number of para-hydroxylation sites is 1. The number of fused-ring (bicyclic) bond motifs is 5. The fraction of sp³-hybridized carbons (Fsp3) is 0.0938. The lowest BCUT2D eigenvalue weighted by atomic mass is 9.83. The average molecular weight is 585 g/mol. The Labute approximate surface area is 243 Å². The van der Waals surface area contributed by atoms with E-state index in [1.54, 1.807) is 59.5 Å². The predicted molar refractivity (Wildman–Crippen MR) is 154 cm³/mol. The van der Waals surface area contributed by atoms with Crippen molar-refractivity contribution >= 4 is 51.7 Å². The molecule has 1 spiro atoms. The molecule has 0 bridgehead atoms. The first kappa shape index (κ1) is 25.5. The molecule has 0 N–H and O–H groups in total. The van der Waals surface area contributed by atoms with Crippen LogP contribution < -0.4 is 10.3 Å². The van der Waals surface area contributed by atoms with Crippen molar-refractivity contribution in [3.63, 3.8) is 0 Å². The van der Waals surface area contributed by atoms with Crippen LogP contribution in [-0.4, -0.2) is 16.7 Å². The standard InChI is InChI=1S/C32H19Cl2FN2O4/c33-20-9-5-18(6-10-20)16-36-25-4-2-1-3-24(25)32(31(36)40)27-28(38)23-15-21(34)11-14-26(23)41-29(27)30(39)37(32)17-19-7-12-22(35)13-8-19/h1-15H,16-17H2. The highest BCUT2D eigenvalue weighted by molar-refractivity contribution is 6.31. The van der Waals surface area contributed by atoms with E-state index in [-0.39, 0.29) is 35.4 Å². The van der Waals surface area contributed by atoms with Crippen molar-refractivity contribution in [1.29, 1.82) is 0 Å². The summed E-state index contributed by atoms with van der Waals surface area (Å²) in [7, 11) is 0. The summed E-state index contributed by atoms with van der Waals surface area (Å²) in [5.74, 6) is -1.73. The Morgan fingerprint density at radius 3 is 2.20 bits per heavy atom. The second-order valence-electron chi connectivity index (χ2n) is 10.0. The van der Waals surface area contributed by atoms with E-state index in [0.717, 1.165) is 5.56 Å². The Morgan fingerprint density at radius 1 is 0.780 bits per heavy atom. The third-order valence-corrected chi connectivity index (χ3v) is 8.19. The molecule has 6 nitrogen and oxygen atoms in total. The van der Waals surface area contributed by atoms with E-state index in [0.29, 0.717) is 26.9 Å². The van der Waals surface area contributed by atoms with E-state index in [4.69, 9.17) is 27.6 Å².